The average molecular weight is 1330 g/mol. The monoisotopic (exact) mass is 1330 g/mol. The molecule has 1 aliphatic rings. The zero-order valence-electron chi connectivity index (χ0n) is 61.1. The average Bonchev–Trinajstić information content (AvgIpc) is 0.736. The molecule has 1 heterocycles. The van der Waals surface area contributed by atoms with E-state index in [2.05, 4.69) is 21.3 Å². The van der Waals surface area contributed by atoms with Crippen molar-refractivity contribution in [1.29, 1.82) is 0 Å². The summed E-state index contributed by atoms with van der Waals surface area (Å²) < 4.78 is 5.81. The van der Waals surface area contributed by atoms with E-state index in [1.807, 2.05) is 41.5 Å². The number of aliphatic hydroxyl groups is 3. The van der Waals surface area contributed by atoms with Gasteiger partial charge in [0.05, 0.1) is 19.3 Å². The van der Waals surface area contributed by atoms with E-state index in [0.29, 0.717) is 0 Å². The molecular weight excluding hydrogens is 1210 g/mol. The number of nitrogens with one attached hydrogen (secondary N) is 4. The Labute approximate surface area is 559 Å². The highest BCUT2D eigenvalue weighted by Crippen LogP contribution is 2.37. The summed E-state index contributed by atoms with van der Waals surface area (Å²) in [5.41, 5.74) is -2.62. The summed E-state index contributed by atoms with van der Waals surface area (Å²) in [6.45, 7) is 27.7. The number of aliphatic hydroxyl groups excluding tert-OH is 3. The quantitative estimate of drug-likeness (QED) is 0.0718. The fraction of sp³-hybridized carbons (Fsp3) is 0.791. The van der Waals surface area contributed by atoms with Gasteiger partial charge in [-0.2, -0.15) is 0 Å². The number of likely N-dealkylation sites (N-methyl/N-ethyl adjacent to an activating group) is 7. The van der Waals surface area contributed by atoms with Crippen LogP contribution in [-0.4, -0.2) is 261 Å². The smallest absolute Gasteiger partial charge is 0.303 e. The molecule has 0 aromatic carbocycles. The van der Waals surface area contributed by atoms with Crippen LogP contribution < -0.4 is 21.3 Å². The Bertz CT molecular complexity index is 2630. The number of rotatable bonds is 19. The van der Waals surface area contributed by atoms with Gasteiger partial charge in [-0.3, -0.25) is 57.5 Å². The zero-order chi connectivity index (χ0) is 73.0. The molecule has 1 rings (SSSR count). The van der Waals surface area contributed by atoms with Crippen molar-refractivity contribution in [3.63, 3.8) is 0 Å². The van der Waals surface area contributed by atoms with Crippen LogP contribution in [0.1, 0.15) is 163 Å². The van der Waals surface area contributed by atoms with Gasteiger partial charge in [-0.15, -0.1) is 0 Å². The first kappa shape index (κ1) is 85.3. The summed E-state index contributed by atoms with van der Waals surface area (Å²) in [5.74, 6) is -13.7. The fourth-order valence-electron chi connectivity index (χ4n) is 12.0. The molecule has 0 saturated carbocycles. The first-order valence-corrected chi connectivity index (χ1v) is 33.2. The van der Waals surface area contributed by atoms with Gasteiger partial charge >= 0.3 is 5.97 Å². The van der Waals surface area contributed by atoms with Crippen molar-refractivity contribution in [3.8, 4) is 0 Å². The SMILES string of the molecule is C/C=C/C[C@@H](C)[C@@H](O)[C@H]1C(=O)N[C@@H](CC)C(=O)N(C)CC(=O)N(C)[C@@H](CC(C)C)C(=O)N[C@@H](C(C)C)C(=O)N(C)[C@@H](CC(C)C)C(=O)N[C@@H](C)C(=O)N[C@H](C)C(=O)N(C)[C@@H](CC(C)C)C(=O)N(C)[C@@H](CC(C)C)C(=O)N(C)[C@@](C(C)C)(C(OC(C)=O)C(O)CO)C(=O)N1C. The molecule has 0 aliphatic carbocycles. The van der Waals surface area contributed by atoms with Gasteiger partial charge in [0.1, 0.15) is 60.5 Å². The zero-order valence-corrected chi connectivity index (χ0v) is 61.1. The minimum absolute atomic E-state index is 0.0327. The van der Waals surface area contributed by atoms with Gasteiger partial charge in [-0.25, -0.2) is 0 Å². The van der Waals surface area contributed by atoms with Crippen LogP contribution in [0.15, 0.2) is 12.2 Å². The van der Waals surface area contributed by atoms with Gasteiger partial charge in [-0.1, -0.05) is 109 Å². The van der Waals surface area contributed by atoms with Crippen LogP contribution >= 0.6 is 0 Å². The van der Waals surface area contributed by atoms with Crippen LogP contribution in [0.2, 0.25) is 0 Å². The Hall–Kier alpha value is -6.74. The molecule has 538 valence electrons. The van der Waals surface area contributed by atoms with Crippen molar-refractivity contribution in [2.24, 2.45) is 41.4 Å². The van der Waals surface area contributed by atoms with Crippen LogP contribution in [-0.2, 0) is 62.3 Å². The Morgan fingerprint density at radius 2 is 1.02 bits per heavy atom. The summed E-state index contributed by atoms with van der Waals surface area (Å²) in [4.78, 5) is 185. The van der Waals surface area contributed by atoms with E-state index in [0.717, 1.165) is 43.4 Å². The normalized spacial score (nSPS) is 26.9. The van der Waals surface area contributed by atoms with Crippen molar-refractivity contribution >= 4 is 70.9 Å². The highest BCUT2D eigenvalue weighted by atomic mass is 16.6. The second kappa shape index (κ2) is 38.1. The molecule has 27 nitrogen and oxygen atoms in total. The van der Waals surface area contributed by atoms with Gasteiger partial charge in [0.25, 0.3) is 5.91 Å². The minimum Gasteiger partial charge on any atom is -0.457 e. The van der Waals surface area contributed by atoms with Crippen LogP contribution in [0.3, 0.4) is 0 Å². The van der Waals surface area contributed by atoms with Crippen LogP contribution in [0.4, 0.5) is 0 Å². The molecule has 1 saturated heterocycles. The first-order valence-electron chi connectivity index (χ1n) is 33.2. The number of carbonyl (C=O) groups is 12. The lowest BCUT2D eigenvalue weighted by atomic mass is 9.75. The molecule has 0 spiro atoms. The van der Waals surface area contributed by atoms with E-state index in [-0.39, 0.29) is 62.2 Å². The molecule has 94 heavy (non-hydrogen) atoms. The van der Waals surface area contributed by atoms with Crippen molar-refractivity contribution in [1.82, 2.24) is 55.6 Å². The van der Waals surface area contributed by atoms with Crippen LogP contribution in [0.5, 0.6) is 0 Å². The number of carbonyl (C=O) groups excluding carboxylic acids is 12. The van der Waals surface area contributed by atoms with E-state index in [4.69, 9.17) is 4.74 Å². The molecule has 1 fully saturated rings. The molecule has 0 bridgehead atoms. The summed E-state index contributed by atoms with van der Waals surface area (Å²) in [7, 11) is 9.13. The Balaban J connectivity index is 4.72. The van der Waals surface area contributed by atoms with E-state index >= 15 is 19.2 Å². The second-order valence-corrected chi connectivity index (χ2v) is 28.1. The van der Waals surface area contributed by atoms with E-state index in [1.54, 1.807) is 60.6 Å². The van der Waals surface area contributed by atoms with Gasteiger partial charge in [0, 0.05) is 56.3 Å². The highest BCUT2D eigenvalue weighted by Gasteiger charge is 2.61. The number of hydrogen-bond donors (Lipinski definition) is 7. The van der Waals surface area contributed by atoms with Crippen molar-refractivity contribution < 1.29 is 77.6 Å². The molecule has 0 radical (unpaired) electrons. The van der Waals surface area contributed by atoms with Gasteiger partial charge in [0.15, 0.2) is 11.6 Å². The molecule has 11 amide bonds. The van der Waals surface area contributed by atoms with Gasteiger partial charge < -0.3 is 75.6 Å². The Kier molecular flexibility index (Phi) is 34.6. The number of allylic oxidation sites excluding steroid dienone is 2. The molecule has 2 unspecified atom stereocenters. The predicted octanol–water partition coefficient (Wildman–Crippen LogP) is 1.92. The Morgan fingerprint density at radius 3 is 1.47 bits per heavy atom. The molecule has 0 aromatic heterocycles. The maximum absolute atomic E-state index is 16.3. The predicted molar refractivity (Wildman–Crippen MR) is 356 cm³/mol. The summed E-state index contributed by atoms with van der Waals surface area (Å²) in [6, 6.07) is -12.4. The molecule has 1 aliphatic heterocycles. The van der Waals surface area contributed by atoms with Gasteiger partial charge in [-0.05, 0) is 101 Å². The Morgan fingerprint density at radius 1 is 0.574 bits per heavy atom. The van der Waals surface area contributed by atoms with Crippen molar-refractivity contribution in [2.75, 3.05) is 62.5 Å². The molecule has 0 aromatic rings. The molecule has 14 atom stereocenters. The minimum atomic E-state index is -2.62. The number of nitrogens with zero attached hydrogens (tertiary/aromatic N) is 7. The standard InChI is InChI=1S/C67H119N11O16/c1-26-28-29-42(15)55(83)54-60(87)70-46(27-2)62(89)72(19)34-52(82)73(20)47(30-36(3)4)59(86)71-53(40(11)12)65(92)74(21)48(31-37(5)6)58(85)68-43(16)57(84)69-44(17)61(88)75(22)49(32-38(7)8)63(90)76(23)50(33-39(9)10)64(91)78(25)67(41(13)14,66(93)77(54)24)56(51(81)35-79)94-45(18)80/h26,28,36-44,46-51,53-56,79,81,83H,27,29-35H2,1-25H3,(H,68,85)(H,69,84)(H,70,87)(H,71,86)/b28-26+/t42-,43+,44-,46+,47+,48+,49+,50+,51?,53+,54+,55-,56?,67+/m1/s1. The summed E-state index contributed by atoms with van der Waals surface area (Å²) in [6.07, 6.45) is -2.34. The number of hydrogen-bond acceptors (Lipinski definition) is 16. The summed E-state index contributed by atoms with van der Waals surface area (Å²) >= 11 is 0. The van der Waals surface area contributed by atoms with E-state index < -0.39 is 180 Å². The molecule has 27 heteroatoms. The first-order chi connectivity index (χ1) is 43.4. The third-order valence-electron chi connectivity index (χ3n) is 17.8. The third kappa shape index (κ3) is 22.2. The maximum atomic E-state index is 16.3. The molecular formula is C67H119N11O16. The number of ether oxygens (including phenoxy) is 1. The topological polar surface area (TPSA) is 346 Å². The van der Waals surface area contributed by atoms with Gasteiger partial charge in [0.2, 0.25) is 59.1 Å². The van der Waals surface area contributed by atoms with Crippen molar-refractivity contribution in [2.45, 2.75) is 241 Å². The van der Waals surface area contributed by atoms with Crippen LogP contribution in [0.25, 0.3) is 0 Å². The number of esters is 1. The lowest BCUT2D eigenvalue weighted by molar-refractivity contribution is -0.193. The third-order valence-corrected chi connectivity index (χ3v) is 17.8. The lowest BCUT2D eigenvalue weighted by Gasteiger charge is -2.52. The maximum Gasteiger partial charge on any atom is 0.303 e. The molecule has 7 N–H and O–H groups in total. The lowest BCUT2D eigenvalue weighted by Crippen LogP contribution is -2.75. The van der Waals surface area contributed by atoms with E-state index in [9.17, 15) is 53.7 Å². The van der Waals surface area contributed by atoms with Crippen molar-refractivity contribution in [3.05, 3.63) is 12.2 Å². The summed E-state index contributed by atoms with van der Waals surface area (Å²) in [5, 5.41) is 45.8. The largest absolute Gasteiger partial charge is 0.457 e. The second-order valence-electron chi connectivity index (χ2n) is 28.1. The van der Waals surface area contributed by atoms with E-state index in [1.165, 1.54) is 74.9 Å². The number of amides is 11. The fourth-order valence-corrected chi connectivity index (χ4v) is 12.0. The van der Waals surface area contributed by atoms with Crippen LogP contribution in [0, 0.1) is 41.4 Å². The highest BCUT2D eigenvalue weighted by molar-refractivity contribution is 6.01.